The molecule has 0 aliphatic rings. The van der Waals surface area contributed by atoms with Crippen LogP contribution in [0.1, 0.15) is 42.9 Å². The summed E-state index contributed by atoms with van der Waals surface area (Å²) in [6.07, 6.45) is 3.73. The highest BCUT2D eigenvalue weighted by Crippen LogP contribution is 2.21. The lowest BCUT2D eigenvalue weighted by Crippen LogP contribution is -2.28. The lowest BCUT2D eigenvalue weighted by Gasteiger charge is -2.23. The molecule has 3 aromatic rings. The Bertz CT molecular complexity index is 909. The van der Waals surface area contributed by atoms with Gasteiger partial charge in [-0.25, -0.2) is 9.97 Å². The first-order valence-electron chi connectivity index (χ1n) is 10.1. The van der Waals surface area contributed by atoms with Crippen LogP contribution in [-0.2, 0) is 6.54 Å². The third kappa shape index (κ3) is 5.60. The Morgan fingerprint density at radius 1 is 0.966 bits per heavy atom. The van der Waals surface area contributed by atoms with Gasteiger partial charge in [0.05, 0.1) is 12.2 Å². The molecule has 6 heteroatoms. The molecule has 0 spiro atoms. The lowest BCUT2D eigenvalue weighted by molar-refractivity contribution is 0.0945. The Kier molecular flexibility index (Phi) is 7.28. The van der Waals surface area contributed by atoms with Crippen molar-refractivity contribution in [3.05, 3.63) is 72.2 Å². The molecule has 0 radical (unpaired) electrons. The topological polar surface area (TPSA) is 71.0 Å². The number of nitrogens with one attached hydrogen (secondary N) is 1. The van der Waals surface area contributed by atoms with Crippen LogP contribution in [0.3, 0.4) is 0 Å². The van der Waals surface area contributed by atoms with Gasteiger partial charge in [0.2, 0.25) is 0 Å². The fourth-order valence-corrected chi connectivity index (χ4v) is 3.07. The number of benzene rings is 1. The predicted octanol–water partition coefficient (Wildman–Crippen LogP) is 4.10. The zero-order valence-corrected chi connectivity index (χ0v) is 17.0. The van der Waals surface area contributed by atoms with Crippen molar-refractivity contribution in [3.8, 4) is 11.4 Å². The molecule has 0 aliphatic heterocycles. The number of pyridine rings is 1. The number of hydrogen-bond donors (Lipinski definition) is 1. The Labute approximate surface area is 172 Å². The molecule has 0 bridgehead atoms. The molecule has 2 heterocycles. The van der Waals surface area contributed by atoms with Gasteiger partial charge in [-0.2, -0.15) is 0 Å². The van der Waals surface area contributed by atoms with Crippen molar-refractivity contribution in [2.75, 3.05) is 18.0 Å². The molecule has 0 fully saturated rings. The van der Waals surface area contributed by atoms with Gasteiger partial charge in [-0.05, 0) is 25.0 Å². The number of carbonyl (C=O) groups excluding carboxylic acids is 1. The monoisotopic (exact) mass is 389 g/mol. The van der Waals surface area contributed by atoms with Gasteiger partial charge in [-0.1, -0.05) is 50.2 Å². The van der Waals surface area contributed by atoms with Gasteiger partial charge in [-0.3, -0.25) is 9.78 Å². The van der Waals surface area contributed by atoms with Crippen LogP contribution in [0, 0.1) is 0 Å². The molecular weight excluding hydrogens is 362 g/mol. The highest BCUT2D eigenvalue weighted by Gasteiger charge is 2.16. The van der Waals surface area contributed by atoms with E-state index in [4.69, 9.17) is 4.98 Å². The smallest absolute Gasteiger partial charge is 0.270 e. The van der Waals surface area contributed by atoms with Gasteiger partial charge in [0.1, 0.15) is 11.5 Å². The van der Waals surface area contributed by atoms with Gasteiger partial charge >= 0.3 is 0 Å². The normalized spacial score (nSPS) is 10.6. The average Bonchev–Trinajstić information content (AvgIpc) is 2.78. The first-order chi connectivity index (χ1) is 14.2. The van der Waals surface area contributed by atoms with Crippen molar-refractivity contribution in [2.24, 2.45) is 0 Å². The van der Waals surface area contributed by atoms with Crippen LogP contribution in [0.4, 0.5) is 5.82 Å². The summed E-state index contributed by atoms with van der Waals surface area (Å²) in [7, 11) is 0. The molecule has 3 rings (SSSR count). The molecule has 29 heavy (non-hydrogen) atoms. The minimum absolute atomic E-state index is 0.232. The van der Waals surface area contributed by atoms with Crippen LogP contribution in [0.2, 0.25) is 0 Å². The van der Waals surface area contributed by atoms with Crippen molar-refractivity contribution in [2.45, 2.75) is 33.2 Å². The van der Waals surface area contributed by atoms with Crippen molar-refractivity contribution in [1.82, 2.24) is 20.3 Å². The van der Waals surface area contributed by atoms with Gasteiger partial charge in [0.25, 0.3) is 5.91 Å². The van der Waals surface area contributed by atoms with Crippen molar-refractivity contribution >= 4 is 11.7 Å². The van der Waals surface area contributed by atoms with E-state index in [0.717, 1.165) is 43.0 Å². The summed E-state index contributed by atoms with van der Waals surface area (Å²) in [6.45, 7) is 6.40. The van der Waals surface area contributed by atoms with E-state index in [9.17, 15) is 4.79 Å². The Balaban J connectivity index is 1.92. The fourth-order valence-electron chi connectivity index (χ4n) is 3.07. The number of carbonyl (C=O) groups is 1. The quantitative estimate of drug-likeness (QED) is 0.597. The van der Waals surface area contributed by atoms with Gasteiger partial charge in [0.15, 0.2) is 5.82 Å². The Hall–Kier alpha value is -3.28. The molecule has 0 unspecified atom stereocenters. The lowest BCUT2D eigenvalue weighted by atomic mass is 10.2. The number of nitrogens with zero attached hydrogens (tertiary/aromatic N) is 4. The first kappa shape index (κ1) is 20.5. The largest absolute Gasteiger partial charge is 0.357 e. The maximum Gasteiger partial charge on any atom is 0.270 e. The summed E-state index contributed by atoms with van der Waals surface area (Å²) in [5.74, 6) is 1.11. The molecule has 1 aromatic carbocycles. The number of rotatable bonds is 9. The highest BCUT2D eigenvalue weighted by atomic mass is 16.1. The summed E-state index contributed by atoms with van der Waals surface area (Å²) in [6, 6.07) is 17.2. The first-order valence-corrected chi connectivity index (χ1v) is 10.1. The third-order valence-electron chi connectivity index (χ3n) is 4.44. The zero-order chi connectivity index (χ0) is 20.5. The van der Waals surface area contributed by atoms with E-state index in [0.29, 0.717) is 18.1 Å². The number of amides is 1. The molecule has 0 atom stereocenters. The van der Waals surface area contributed by atoms with Gasteiger partial charge in [0, 0.05) is 30.9 Å². The van der Waals surface area contributed by atoms with Crippen LogP contribution in [0.15, 0.2) is 60.8 Å². The highest BCUT2D eigenvalue weighted by molar-refractivity contribution is 5.93. The minimum atomic E-state index is -0.232. The number of anilines is 1. The third-order valence-corrected chi connectivity index (χ3v) is 4.44. The second-order valence-corrected chi connectivity index (χ2v) is 6.79. The van der Waals surface area contributed by atoms with E-state index in [2.05, 4.69) is 34.0 Å². The SMILES string of the molecule is CCCN(CCC)c1cc(C(=O)NCc2ccccn2)nc(-c2ccccc2)n1. The van der Waals surface area contributed by atoms with E-state index in [1.54, 1.807) is 12.3 Å². The maximum absolute atomic E-state index is 12.8. The van der Waals surface area contributed by atoms with Crippen molar-refractivity contribution in [3.63, 3.8) is 0 Å². The van der Waals surface area contributed by atoms with Crippen LogP contribution < -0.4 is 10.2 Å². The number of aromatic nitrogens is 3. The van der Waals surface area contributed by atoms with E-state index < -0.39 is 0 Å². The molecule has 6 nitrogen and oxygen atoms in total. The van der Waals surface area contributed by atoms with Crippen molar-refractivity contribution in [1.29, 1.82) is 0 Å². The second kappa shape index (κ2) is 10.3. The molecule has 1 amide bonds. The molecule has 150 valence electrons. The Morgan fingerprint density at radius 3 is 2.34 bits per heavy atom. The molecule has 2 aromatic heterocycles. The average molecular weight is 390 g/mol. The van der Waals surface area contributed by atoms with E-state index in [1.165, 1.54) is 0 Å². The molecular formula is C23H27N5O. The summed E-state index contributed by atoms with van der Waals surface area (Å²) in [5.41, 5.74) is 2.06. The standard InChI is InChI=1S/C23H27N5O/c1-3-14-28(15-4-2)21-16-20(23(29)25-17-19-12-8-9-13-24-19)26-22(27-21)18-10-6-5-7-11-18/h5-13,16H,3-4,14-15,17H2,1-2H3,(H,25,29). The summed E-state index contributed by atoms with van der Waals surface area (Å²) >= 11 is 0. The summed E-state index contributed by atoms with van der Waals surface area (Å²) in [4.78, 5) is 28.6. The summed E-state index contributed by atoms with van der Waals surface area (Å²) < 4.78 is 0. The van der Waals surface area contributed by atoms with Crippen LogP contribution in [0.25, 0.3) is 11.4 Å². The predicted molar refractivity (Wildman–Crippen MR) is 116 cm³/mol. The number of hydrogen-bond acceptors (Lipinski definition) is 5. The van der Waals surface area contributed by atoms with E-state index >= 15 is 0 Å². The van der Waals surface area contributed by atoms with Crippen LogP contribution in [-0.4, -0.2) is 33.9 Å². The van der Waals surface area contributed by atoms with Crippen LogP contribution in [0.5, 0.6) is 0 Å². The van der Waals surface area contributed by atoms with Gasteiger partial charge in [-0.15, -0.1) is 0 Å². The molecule has 0 saturated carbocycles. The van der Waals surface area contributed by atoms with E-state index in [-0.39, 0.29) is 5.91 Å². The molecule has 0 saturated heterocycles. The molecule has 1 N–H and O–H groups in total. The summed E-state index contributed by atoms with van der Waals surface area (Å²) in [5, 5.41) is 2.91. The maximum atomic E-state index is 12.8. The van der Waals surface area contributed by atoms with Crippen molar-refractivity contribution < 1.29 is 4.79 Å². The Morgan fingerprint density at radius 2 is 1.69 bits per heavy atom. The fraction of sp³-hybridized carbons (Fsp3) is 0.304. The minimum Gasteiger partial charge on any atom is -0.357 e. The van der Waals surface area contributed by atoms with Crippen LogP contribution >= 0.6 is 0 Å². The molecule has 0 aliphatic carbocycles. The second-order valence-electron chi connectivity index (χ2n) is 6.79. The van der Waals surface area contributed by atoms with E-state index in [1.807, 2.05) is 48.5 Å². The van der Waals surface area contributed by atoms with Gasteiger partial charge < -0.3 is 10.2 Å². The zero-order valence-electron chi connectivity index (χ0n) is 17.0.